The minimum atomic E-state index is -0.393. The van der Waals surface area contributed by atoms with Gasteiger partial charge < -0.3 is 4.57 Å². The average Bonchev–Trinajstić information content (AvgIpc) is 3.33. The van der Waals surface area contributed by atoms with Crippen LogP contribution in [0.1, 0.15) is 11.3 Å². The van der Waals surface area contributed by atoms with E-state index in [1.807, 2.05) is 13.1 Å². The van der Waals surface area contributed by atoms with Crippen LogP contribution < -0.4 is 11.2 Å². The van der Waals surface area contributed by atoms with E-state index in [2.05, 4.69) is 19.4 Å². The highest BCUT2D eigenvalue weighted by Crippen LogP contribution is 2.21. The van der Waals surface area contributed by atoms with Gasteiger partial charge in [-0.05, 0) is 19.1 Å². The summed E-state index contributed by atoms with van der Waals surface area (Å²) >= 11 is 6.19. The molecular weight excluding hydrogens is 461 g/mol. The van der Waals surface area contributed by atoms with Crippen LogP contribution in [0.15, 0.2) is 34.0 Å². The quantitative estimate of drug-likeness (QED) is 0.427. The third-order valence-corrected chi connectivity index (χ3v) is 7.16. The summed E-state index contributed by atoms with van der Waals surface area (Å²) in [5, 5.41) is 0.467. The molecule has 0 saturated carbocycles. The van der Waals surface area contributed by atoms with E-state index in [1.165, 1.54) is 17.7 Å². The summed E-state index contributed by atoms with van der Waals surface area (Å²) < 4.78 is 20.5. The zero-order chi connectivity index (χ0) is 24.1. The third kappa shape index (κ3) is 3.75. The maximum Gasteiger partial charge on any atom is 0.332 e. The van der Waals surface area contributed by atoms with Crippen molar-refractivity contribution >= 4 is 28.5 Å². The van der Waals surface area contributed by atoms with Gasteiger partial charge in [0.05, 0.1) is 0 Å². The Morgan fingerprint density at radius 2 is 1.74 bits per heavy atom. The van der Waals surface area contributed by atoms with Gasteiger partial charge in [0.15, 0.2) is 11.2 Å². The summed E-state index contributed by atoms with van der Waals surface area (Å²) in [4.78, 5) is 34.3. The molecule has 34 heavy (non-hydrogen) atoms. The van der Waals surface area contributed by atoms with Crippen LogP contribution in [0.5, 0.6) is 0 Å². The molecule has 4 heterocycles. The molecule has 1 saturated heterocycles. The summed E-state index contributed by atoms with van der Waals surface area (Å²) in [6.45, 7) is 7.42. The molecule has 180 valence electrons. The van der Waals surface area contributed by atoms with Gasteiger partial charge in [-0.3, -0.25) is 28.1 Å². The van der Waals surface area contributed by atoms with E-state index in [-0.39, 0.29) is 11.4 Å². The van der Waals surface area contributed by atoms with Gasteiger partial charge >= 0.3 is 5.69 Å². The largest absolute Gasteiger partial charge is 0.332 e. The second-order valence-corrected chi connectivity index (χ2v) is 9.31. The lowest BCUT2D eigenvalue weighted by molar-refractivity contribution is 0.123. The second-order valence-electron chi connectivity index (χ2n) is 8.90. The van der Waals surface area contributed by atoms with Crippen molar-refractivity contribution in [2.24, 2.45) is 14.1 Å². The second kappa shape index (κ2) is 8.68. The predicted molar refractivity (Wildman–Crippen MR) is 129 cm³/mol. The molecule has 3 aromatic heterocycles. The Morgan fingerprint density at radius 3 is 2.44 bits per heavy atom. The standard InChI is InChI=1S/C23H27ClFN7O2/c1-15-13-32-19-20(27(2)23(34)28(3)21(19)33)26-22(32)31(15)12-11-29-7-9-30(10-8-29)14-16-17(24)5-4-6-18(16)25/h4-6,13H,7-12,14H2,1-3H3. The molecule has 1 aliphatic heterocycles. The Bertz CT molecular complexity index is 1490. The number of nitrogens with zero attached hydrogens (tertiary/aromatic N) is 7. The molecular formula is C23H27ClFN7O2. The fraction of sp³-hybridized carbons (Fsp3) is 0.435. The summed E-state index contributed by atoms with van der Waals surface area (Å²) in [7, 11) is 3.11. The predicted octanol–water partition coefficient (Wildman–Crippen LogP) is 1.61. The Hall–Kier alpha value is -2.95. The molecule has 9 nitrogen and oxygen atoms in total. The number of rotatable bonds is 5. The average molecular weight is 488 g/mol. The van der Waals surface area contributed by atoms with Crippen molar-refractivity contribution in [2.75, 3.05) is 32.7 Å². The first-order valence-electron chi connectivity index (χ1n) is 11.3. The van der Waals surface area contributed by atoms with Crippen LogP contribution in [0, 0.1) is 12.7 Å². The van der Waals surface area contributed by atoms with E-state index >= 15 is 0 Å². The first-order chi connectivity index (χ1) is 16.3. The monoisotopic (exact) mass is 487 g/mol. The molecule has 0 aliphatic carbocycles. The van der Waals surface area contributed by atoms with Crippen LogP contribution in [0.4, 0.5) is 4.39 Å². The van der Waals surface area contributed by atoms with Crippen LogP contribution in [0.3, 0.4) is 0 Å². The van der Waals surface area contributed by atoms with Crippen molar-refractivity contribution in [1.29, 1.82) is 0 Å². The number of benzene rings is 1. The Balaban J connectivity index is 1.30. The highest BCUT2D eigenvalue weighted by atomic mass is 35.5. The normalized spacial score (nSPS) is 15.7. The minimum Gasteiger partial charge on any atom is -0.313 e. The number of fused-ring (bicyclic) bond motifs is 3. The number of hydrogen-bond acceptors (Lipinski definition) is 5. The molecule has 0 atom stereocenters. The first kappa shape index (κ1) is 22.8. The lowest BCUT2D eigenvalue weighted by Crippen LogP contribution is -2.46. The van der Waals surface area contributed by atoms with Crippen molar-refractivity contribution in [3.05, 3.63) is 67.3 Å². The van der Waals surface area contributed by atoms with Crippen LogP contribution in [-0.2, 0) is 27.2 Å². The van der Waals surface area contributed by atoms with Gasteiger partial charge in [-0.1, -0.05) is 17.7 Å². The first-order valence-corrected chi connectivity index (χ1v) is 11.7. The van der Waals surface area contributed by atoms with E-state index < -0.39 is 5.69 Å². The zero-order valence-electron chi connectivity index (χ0n) is 19.5. The molecule has 11 heteroatoms. The lowest BCUT2D eigenvalue weighted by Gasteiger charge is -2.35. The number of halogens is 2. The summed E-state index contributed by atoms with van der Waals surface area (Å²) in [6, 6.07) is 4.80. The Labute approximate surface area is 200 Å². The van der Waals surface area contributed by atoms with Crippen LogP contribution in [0.25, 0.3) is 16.9 Å². The highest BCUT2D eigenvalue weighted by Gasteiger charge is 2.22. The number of piperazine rings is 1. The molecule has 1 aromatic carbocycles. The smallest absolute Gasteiger partial charge is 0.313 e. The number of aromatic nitrogens is 5. The van der Waals surface area contributed by atoms with Gasteiger partial charge in [0, 0.05) is 82.4 Å². The number of imidazole rings is 2. The Kier molecular flexibility index (Phi) is 5.83. The van der Waals surface area contributed by atoms with E-state index in [0.717, 1.165) is 43.0 Å². The SMILES string of the molecule is Cc1cn2c3c(=O)n(C)c(=O)n(C)c3nc2n1CCN1CCN(Cc2c(F)cccc2Cl)CC1. The number of aryl methyl sites for hydroxylation is 2. The van der Waals surface area contributed by atoms with Gasteiger partial charge in [0.1, 0.15) is 5.82 Å². The van der Waals surface area contributed by atoms with Crippen molar-refractivity contribution in [1.82, 2.24) is 32.9 Å². The zero-order valence-corrected chi connectivity index (χ0v) is 20.2. The highest BCUT2D eigenvalue weighted by molar-refractivity contribution is 6.31. The van der Waals surface area contributed by atoms with Crippen LogP contribution in [-0.4, -0.2) is 65.6 Å². The molecule has 0 bridgehead atoms. The van der Waals surface area contributed by atoms with E-state index in [1.54, 1.807) is 23.6 Å². The van der Waals surface area contributed by atoms with Gasteiger partial charge in [0.25, 0.3) is 5.56 Å². The van der Waals surface area contributed by atoms with Crippen molar-refractivity contribution in [3.63, 3.8) is 0 Å². The molecule has 0 spiro atoms. The topological polar surface area (TPSA) is 72.7 Å². The number of hydrogen-bond donors (Lipinski definition) is 0. The maximum atomic E-state index is 14.1. The lowest BCUT2D eigenvalue weighted by atomic mass is 10.2. The van der Waals surface area contributed by atoms with E-state index in [9.17, 15) is 14.0 Å². The molecule has 1 aliphatic rings. The third-order valence-electron chi connectivity index (χ3n) is 6.80. The minimum absolute atomic E-state index is 0.263. The fourth-order valence-corrected chi connectivity index (χ4v) is 4.95. The molecule has 0 radical (unpaired) electrons. The van der Waals surface area contributed by atoms with Gasteiger partial charge in [0.2, 0.25) is 5.78 Å². The molecule has 0 unspecified atom stereocenters. The Morgan fingerprint density at radius 1 is 1.03 bits per heavy atom. The summed E-state index contributed by atoms with van der Waals surface area (Å²) in [6.07, 6.45) is 1.90. The maximum absolute atomic E-state index is 14.1. The van der Waals surface area contributed by atoms with Crippen LogP contribution in [0.2, 0.25) is 5.02 Å². The molecule has 0 N–H and O–H groups in total. The van der Waals surface area contributed by atoms with Gasteiger partial charge in [-0.2, -0.15) is 4.98 Å². The summed E-state index contributed by atoms with van der Waals surface area (Å²) in [5.74, 6) is 0.389. The fourth-order valence-electron chi connectivity index (χ4n) is 4.73. The van der Waals surface area contributed by atoms with Crippen molar-refractivity contribution in [3.8, 4) is 0 Å². The summed E-state index contributed by atoms with van der Waals surface area (Å²) in [5.41, 5.74) is 1.59. The van der Waals surface area contributed by atoms with Gasteiger partial charge in [-0.15, -0.1) is 0 Å². The van der Waals surface area contributed by atoms with Crippen molar-refractivity contribution in [2.45, 2.75) is 20.0 Å². The van der Waals surface area contributed by atoms with Crippen LogP contribution >= 0.6 is 11.6 Å². The molecule has 0 amide bonds. The van der Waals surface area contributed by atoms with Gasteiger partial charge in [-0.25, -0.2) is 9.18 Å². The molecule has 1 fully saturated rings. The molecule has 4 aromatic rings. The van der Waals surface area contributed by atoms with E-state index in [0.29, 0.717) is 40.6 Å². The molecule has 5 rings (SSSR count). The van der Waals surface area contributed by atoms with E-state index in [4.69, 9.17) is 11.6 Å². The van der Waals surface area contributed by atoms with Crippen molar-refractivity contribution < 1.29 is 4.39 Å².